The topological polar surface area (TPSA) is 99.5 Å². The van der Waals surface area contributed by atoms with Gasteiger partial charge in [0.1, 0.15) is 0 Å². The molecular formula is C50H61NO6. The minimum absolute atomic E-state index is 0.0368. The van der Waals surface area contributed by atoms with E-state index in [1.54, 1.807) is 0 Å². The Hall–Kier alpha value is -3.43. The van der Waals surface area contributed by atoms with Crippen molar-refractivity contribution in [3.8, 4) is 11.1 Å². The van der Waals surface area contributed by atoms with Gasteiger partial charge in [-0.1, -0.05) is 117 Å². The normalized spacial score (nSPS) is 37.1. The lowest BCUT2D eigenvalue weighted by Gasteiger charge is -2.71. The number of aliphatic hydroxyl groups is 3. The Morgan fingerprint density at radius 1 is 0.877 bits per heavy atom. The van der Waals surface area contributed by atoms with Crippen molar-refractivity contribution in [2.45, 2.75) is 102 Å². The lowest BCUT2D eigenvalue weighted by atomic mass is 9.32. The number of rotatable bonds is 13. The van der Waals surface area contributed by atoms with E-state index >= 15 is 4.79 Å². The van der Waals surface area contributed by atoms with Crippen LogP contribution in [0.2, 0.25) is 0 Å². The molecule has 1 saturated heterocycles. The fourth-order valence-corrected chi connectivity index (χ4v) is 13.2. The molecule has 302 valence electrons. The maximum atomic E-state index is 15.5. The Labute approximate surface area is 338 Å². The van der Waals surface area contributed by atoms with Crippen LogP contribution in [0.1, 0.15) is 87.6 Å². The van der Waals surface area contributed by atoms with Crippen LogP contribution in [0.15, 0.2) is 109 Å². The molecule has 10 atom stereocenters. The fraction of sp³-hybridized carbons (Fsp3) is 0.540. The number of aliphatic hydroxyl groups excluding tert-OH is 2. The third-order valence-electron chi connectivity index (χ3n) is 16.1. The number of Topliss-reactive ketones (excluding diaryl/α,β-unsaturated/α-hetero) is 1. The number of fused-ring (bicyclic) bond motifs is 1. The lowest BCUT2D eigenvalue weighted by molar-refractivity contribution is -0.177. The standard InChI is InChI=1S/C50H61NO6/c1-46-22-19-37(52)28-48(46)25-26-50(42(29-48)45(54)41-18-10-9-17-40(41)36-14-7-4-8-15-36)43(46)20-23-47(2)44(50)21-24-49(47,55)34-51(31-39-16-11-27-57-39)30-38(53)33-56-32-35-12-5-3-6-13-35/h3-10,12-15,17-18,25-26,29,37-39,43-44,52-53,55H,11,16,19-24,27-28,30-34H2,1-2H3. The summed E-state index contributed by atoms with van der Waals surface area (Å²) in [6, 6.07) is 28.3. The first-order valence-electron chi connectivity index (χ1n) is 21.7. The molecule has 0 amide bonds. The van der Waals surface area contributed by atoms with Crippen molar-refractivity contribution in [1.82, 2.24) is 4.90 Å². The van der Waals surface area contributed by atoms with Crippen molar-refractivity contribution in [3.63, 3.8) is 0 Å². The molecule has 6 aliphatic carbocycles. The van der Waals surface area contributed by atoms with Crippen LogP contribution in [0.3, 0.4) is 0 Å². The summed E-state index contributed by atoms with van der Waals surface area (Å²) in [6.45, 7) is 7.59. The van der Waals surface area contributed by atoms with Gasteiger partial charge in [0.15, 0.2) is 5.78 Å². The largest absolute Gasteiger partial charge is 0.393 e. The zero-order valence-corrected chi connectivity index (χ0v) is 33.8. The quantitative estimate of drug-likeness (QED) is 0.119. The molecule has 7 aliphatic rings. The van der Waals surface area contributed by atoms with Gasteiger partial charge in [-0.2, -0.15) is 0 Å². The predicted octanol–water partition coefficient (Wildman–Crippen LogP) is 8.19. The van der Waals surface area contributed by atoms with Gasteiger partial charge in [0, 0.05) is 53.6 Å². The number of hydrogen-bond acceptors (Lipinski definition) is 7. The summed E-state index contributed by atoms with van der Waals surface area (Å²) in [6.07, 6.45) is 13.6. The number of nitrogens with zero attached hydrogens (tertiary/aromatic N) is 1. The highest BCUT2D eigenvalue weighted by molar-refractivity contribution is 6.14. The smallest absolute Gasteiger partial charge is 0.190 e. The van der Waals surface area contributed by atoms with Gasteiger partial charge in [0.2, 0.25) is 0 Å². The molecule has 7 heteroatoms. The second kappa shape index (κ2) is 15.0. The number of allylic oxidation sites excluding steroid dienone is 4. The SMILES string of the molecule is CC12CCC(O)CC13C=CC1(C(C(=O)c4ccccc4-c4ccccc4)=C3)C2CCC2(C)C1CCC2(O)CN(CC(O)COCc1ccccc1)CC1CCCO1. The van der Waals surface area contributed by atoms with Gasteiger partial charge in [0.25, 0.3) is 0 Å². The molecule has 10 rings (SSSR count). The zero-order valence-electron chi connectivity index (χ0n) is 33.8. The van der Waals surface area contributed by atoms with E-state index < -0.39 is 34.1 Å². The molecule has 3 aromatic rings. The minimum atomic E-state index is -1.04. The first kappa shape index (κ1) is 39.1. The Bertz CT molecular complexity index is 1990. The molecule has 2 bridgehead atoms. The van der Waals surface area contributed by atoms with Crippen molar-refractivity contribution in [2.24, 2.45) is 33.5 Å². The Morgan fingerprint density at radius 3 is 2.35 bits per heavy atom. The van der Waals surface area contributed by atoms with Gasteiger partial charge < -0.3 is 24.8 Å². The minimum Gasteiger partial charge on any atom is -0.393 e. The molecule has 1 aliphatic heterocycles. The maximum Gasteiger partial charge on any atom is 0.190 e. The third kappa shape index (κ3) is 6.43. The summed E-state index contributed by atoms with van der Waals surface area (Å²) in [5.41, 5.74) is 2.01. The molecule has 0 radical (unpaired) electrons. The Morgan fingerprint density at radius 2 is 1.58 bits per heavy atom. The Kier molecular flexibility index (Phi) is 10.3. The molecule has 3 N–H and O–H groups in total. The summed E-state index contributed by atoms with van der Waals surface area (Å²) < 4.78 is 12.1. The van der Waals surface area contributed by atoms with Crippen molar-refractivity contribution >= 4 is 5.78 Å². The third-order valence-corrected chi connectivity index (χ3v) is 16.1. The van der Waals surface area contributed by atoms with E-state index in [9.17, 15) is 15.3 Å². The molecule has 2 spiro atoms. The van der Waals surface area contributed by atoms with E-state index in [0.717, 1.165) is 73.8 Å². The fourth-order valence-electron chi connectivity index (χ4n) is 13.2. The monoisotopic (exact) mass is 771 g/mol. The van der Waals surface area contributed by atoms with Crippen molar-refractivity contribution in [3.05, 3.63) is 120 Å². The van der Waals surface area contributed by atoms with Gasteiger partial charge in [-0.25, -0.2) is 0 Å². The molecule has 10 unspecified atom stereocenters. The molecule has 1 heterocycles. The second-order valence-electron chi connectivity index (χ2n) is 19.0. The average molecular weight is 772 g/mol. The molecule has 57 heavy (non-hydrogen) atoms. The molecular weight excluding hydrogens is 711 g/mol. The first-order valence-corrected chi connectivity index (χ1v) is 21.7. The van der Waals surface area contributed by atoms with Crippen LogP contribution >= 0.6 is 0 Å². The highest BCUT2D eigenvalue weighted by Gasteiger charge is 2.74. The number of ketones is 1. The van der Waals surface area contributed by atoms with Crippen LogP contribution in [-0.2, 0) is 16.1 Å². The number of carbonyl (C=O) groups is 1. The van der Waals surface area contributed by atoms with Gasteiger partial charge >= 0.3 is 0 Å². The first-order chi connectivity index (χ1) is 27.5. The van der Waals surface area contributed by atoms with Crippen LogP contribution in [0.4, 0.5) is 0 Å². The van der Waals surface area contributed by atoms with Crippen LogP contribution in [0.25, 0.3) is 11.1 Å². The van der Waals surface area contributed by atoms with Crippen LogP contribution in [0.5, 0.6) is 0 Å². The maximum absolute atomic E-state index is 15.5. The number of hydrogen-bond donors (Lipinski definition) is 3. The average Bonchev–Trinajstić information content (AvgIpc) is 3.83. The van der Waals surface area contributed by atoms with Gasteiger partial charge in [0.05, 0.1) is 37.1 Å². The van der Waals surface area contributed by atoms with E-state index in [-0.39, 0.29) is 35.7 Å². The molecule has 3 aromatic carbocycles. The van der Waals surface area contributed by atoms with E-state index in [1.807, 2.05) is 66.7 Å². The van der Waals surface area contributed by atoms with Crippen molar-refractivity contribution < 1.29 is 29.6 Å². The number of carbonyl (C=O) groups excluding carboxylic acids is 1. The highest BCUT2D eigenvalue weighted by atomic mass is 16.5. The van der Waals surface area contributed by atoms with Crippen molar-refractivity contribution in [1.29, 1.82) is 0 Å². The van der Waals surface area contributed by atoms with Crippen molar-refractivity contribution in [2.75, 3.05) is 32.8 Å². The van der Waals surface area contributed by atoms with Gasteiger partial charge in [-0.15, -0.1) is 0 Å². The van der Waals surface area contributed by atoms with Crippen LogP contribution in [-0.4, -0.2) is 82.8 Å². The molecule has 4 fully saturated rings. The summed E-state index contributed by atoms with van der Waals surface area (Å²) in [7, 11) is 0. The number of benzene rings is 3. The molecule has 7 nitrogen and oxygen atoms in total. The molecule has 0 aromatic heterocycles. The van der Waals surface area contributed by atoms with Crippen LogP contribution in [0, 0.1) is 33.5 Å². The molecule has 3 saturated carbocycles. The summed E-state index contributed by atoms with van der Waals surface area (Å²) in [5, 5.41) is 35.8. The summed E-state index contributed by atoms with van der Waals surface area (Å²) >= 11 is 0. The van der Waals surface area contributed by atoms with E-state index in [1.165, 1.54) is 0 Å². The van der Waals surface area contributed by atoms with Crippen LogP contribution < -0.4 is 0 Å². The summed E-state index contributed by atoms with van der Waals surface area (Å²) in [5.74, 6) is 0.320. The Balaban J connectivity index is 1.05. The highest BCUT2D eigenvalue weighted by Crippen LogP contribution is 2.78. The van der Waals surface area contributed by atoms with E-state index in [4.69, 9.17) is 9.47 Å². The second-order valence-corrected chi connectivity index (χ2v) is 19.0. The lowest BCUT2D eigenvalue weighted by Crippen LogP contribution is -2.67. The van der Waals surface area contributed by atoms with Gasteiger partial charge in [-0.3, -0.25) is 9.69 Å². The van der Waals surface area contributed by atoms with Gasteiger partial charge in [-0.05, 0) is 91.7 Å². The van der Waals surface area contributed by atoms with E-state index in [2.05, 4.69) is 55.2 Å². The summed E-state index contributed by atoms with van der Waals surface area (Å²) in [4.78, 5) is 17.8. The number of ether oxygens (including phenoxy) is 2. The zero-order chi connectivity index (χ0) is 39.5. The predicted molar refractivity (Wildman–Crippen MR) is 222 cm³/mol. The van der Waals surface area contributed by atoms with E-state index in [0.29, 0.717) is 44.6 Å².